The number of hydrogen-bond acceptors (Lipinski definition) is 5. The van der Waals surface area contributed by atoms with Crippen molar-refractivity contribution in [1.29, 1.82) is 0 Å². The van der Waals surface area contributed by atoms with Crippen molar-refractivity contribution in [1.82, 2.24) is 4.67 Å². The Labute approximate surface area is 139 Å². The van der Waals surface area contributed by atoms with Crippen LogP contribution in [0.1, 0.15) is 32.6 Å². The van der Waals surface area contributed by atoms with Gasteiger partial charge in [-0.25, -0.2) is 4.67 Å². The average molecular weight is 347 g/mol. The van der Waals surface area contributed by atoms with Gasteiger partial charge in [0.25, 0.3) is 7.52 Å². The van der Waals surface area contributed by atoms with Gasteiger partial charge in [-0.15, -0.1) is 0 Å². The lowest BCUT2D eigenvalue weighted by molar-refractivity contribution is -0.155. The van der Waals surface area contributed by atoms with Crippen LogP contribution >= 0.6 is 7.52 Å². The first-order chi connectivity index (χ1) is 11.1. The maximum Gasteiger partial charge on any atom is 0.272 e. The summed E-state index contributed by atoms with van der Waals surface area (Å²) in [5.41, 5.74) is 1.17. The van der Waals surface area contributed by atoms with E-state index in [-0.39, 0.29) is 6.29 Å². The van der Waals surface area contributed by atoms with Crippen molar-refractivity contribution in [2.24, 2.45) is 0 Å². The molecule has 2 rings (SSSR count). The highest BCUT2D eigenvalue weighted by molar-refractivity contribution is 7.56. The molecule has 2 aliphatic rings. The van der Waals surface area contributed by atoms with Crippen LogP contribution in [0, 0.1) is 0 Å². The van der Waals surface area contributed by atoms with E-state index < -0.39 is 7.52 Å². The second-order valence-corrected chi connectivity index (χ2v) is 8.69. The number of hydrogen-bond donors (Lipinski definition) is 0. The summed E-state index contributed by atoms with van der Waals surface area (Å²) in [4.78, 5) is 0. The highest BCUT2D eigenvalue weighted by atomic mass is 31.2. The number of allylic oxidation sites excluding steroid dienone is 1. The molecule has 0 N–H and O–H groups in total. The second-order valence-electron chi connectivity index (χ2n) is 6.04. The second kappa shape index (κ2) is 9.92. The zero-order valence-electron chi connectivity index (χ0n) is 14.4. The van der Waals surface area contributed by atoms with Gasteiger partial charge in [-0.3, -0.25) is 4.57 Å². The maximum absolute atomic E-state index is 12.9. The summed E-state index contributed by atoms with van der Waals surface area (Å²) < 4.78 is 36.8. The summed E-state index contributed by atoms with van der Waals surface area (Å²) in [5, 5.41) is 0. The molecule has 0 saturated carbocycles. The molecule has 0 radical (unpaired) electrons. The molecule has 2 aliphatic heterocycles. The summed E-state index contributed by atoms with van der Waals surface area (Å²) >= 11 is 0. The standard InChI is InChI=1S/C16H30NO5P/c1-15(6-11-22-16-5-3-4-10-21-16)7-14-23(18,19-2)17-8-12-20-13-9-17/h6,16H,3-5,7-14H2,1-2H3/b15-6-. The molecule has 0 amide bonds. The molecule has 23 heavy (non-hydrogen) atoms. The van der Waals surface area contributed by atoms with Gasteiger partial charge < -0.3 is 18.7 Å². The van der Waals surface area contributed by atoms with Crippen LogP contribution < -0.4 is 0 Å². The zero-order valence-corrected chi connectivity index (χ0v) is 15.3. The van der Waals surface area contributed by atoms with Gasteiger partial charge in [0.15, 0.2) is 6.29 Å². The van der Waals surface area contributed by atoms with Gasteiger partial charge in [-0.2, -0.15) is 0 Å². The minimum Gasteiger partial charge on any atom is -0.379 e. The van der Waals surface area contributed by atoms with E-state index in [0.29, 0.717) is 39.1 Å². The molecular formula is C16H30NO5P. The molecule has 2 atom stereocenters. The number of morpholine rings is 1. The molecule has 2 fully saturated rings. The van der Waals surface area contributed by atoms with Crippen LogP contribution in [0.5, 0.6) is 0 Å². The van der Waals surface area contributed by atoms with Gasteiger partial charge in [0.1, 0.15) is 0 Å². The fraction of sp³-hybridized carbons (Fsp3) is 0.875. The maximum atomic E-state index is 12.9. The van der Waals surface area contributed by atoms with Crippen molar-refractivity contribution in [2.75, 3.05) is 52.8 Å². The molecule has 6 nitrogen and oxygen atoms in total. The molecule has 7 heteroatoms. The SMILES string of the molecule is COP(=O)(CC/C(C)=C\COC1CCCCO1)N1CCOCC1. The van der Waals surface area contributed by atoms with Crippen LogP contribution in [0.25, 0.3) is 0 Å². The average Bonchev–Trinajstić information content (AvgIpc) is 2.61. The van der Waals surface area contributed by atoms with Crippen molar-refractivity contribution in [3.8, 4) is 0 Å². The molecule has 0 aromatic rings. The summed E-state index contributed by atoms with van der Waals surface area (Å²) in [6.45, 7) is 5.99. The largest absolute Gasteiger partial charge is 0.379 e. The molecule has 0 aromatic carbocycles. The van der Waals surface area contributed by atoms with E-state index in [2.05, 4.69) is 6.08 Å². The van der Waals surface area contributed by atoms with Crippen LogP contribution in [-0.4, -0.2) is 63.7 Å². The fourth-order valence-corrected chi connectivity index (χ4v) is 4.87. The lowest BCUT2D eigenvalue weighted by Gasteiger charge is -2.33. The van der Waals surface area contributed by atoms with Crippen LogP contribution in [0.3, 0.4) is 0 Å². The molecular weight excluding hydrogens is 317 g/mol. The first-order valence-corrected chi connectivity index (χ1v) is 10.3. The highest BCUT2D eigenvalue weighted by Crippen LogP contribution is 2.51. The topological polar surface area (TPSA) is 57.2 Å². The number of rotatable bonds is 8. The third-order valence-corrected chi connectivity index (χ3v) is 6.97. The van der Waals surface area contributed by atoms with E-state index in [0.717, 1.165) is 25.9 Å². The Kier molecular flexibility index (Phi) is 8.24. The van der Waals surface area contributed by atoms with Crippen LogP contribution in [-0.2, 0) is 23.3 Å². The lowest BCUT2D eigenvalue weighted by Crippen LogP contribution is -2.35. The van der Waals surface area contributed by atoms with Gasteiger partial charge in [0.05, 0.1) is 19.8 Å². The molecule has 0 bridgehead atoms. The van der Waals surface area contributed by atoms with E-state index in [4.69, 9.17) is 18.7 Å². The monoisotopic (exact) mass is 347 g/mol. The minimum atomic E-state index is -2.74. The third-order valence-electron chi connectivity index (χ3n) is 4.34. The van der Waals surface area contributed by atoms with Crippen molar-refractivity contribution in [3.05, 3.63) is 11.6 Å². The van der Waals surface area contributed by atoms with Crippen LogP contribution in [0.2, 0.25) is 0 Å². The Bertz CT molecular complexity index is 417. The quantitative estimate of drug-likeness (QED) is 0.497. The van der Waals surface area contributed by atoms with Gasteiger partial charge in [0.2, 0.25) is 0 Å². The predicted molar refractivity (Wildman–Crippen MR) is 89.8 cm³/mol. The summed E-state index contributed by atoms with van der Waals surface area (Å²) in [5.74, 6) is 0. The summed E-state index contributed by atoms with van der Waals surface area (Å²) in [6, 6.07) is 0. The lowest BCUT2D eigenvalue weighted by atomic mass is 10.2. The molecule has 2 heterocycles. The van der Waals surface area contributed by atoms with E-state index >= 15 is 0 Å². The minimum absolute atomic E-state index is 0.0637. The third kappa shape index (κ3) is 6.29. The number of nitrogens with zero attached hydrogens (tertiary/aromatic N) is 1. The highest BCUT2D eigenvalue weighted by Gasteiger charge is 2.31. The van der Waals surface area contributed by atoms with Gasteiger partial charge in [0, 0.05) is 33.0 Å². The van der Waals surface area contributed by atoms with E-state index in [1.165, 1.54) is 12.0 Å². The zero-order chi connectivity index (χ0) is 16.5. The molecule has 2 unspecified atom stereocenters. The van der Waals surface area contributed by atoms with E-state index in [9.17, 15) is 4.57 Å². The molecule has 134 valence electrons. The summed E-state index contributed by atoms with van der Waals surface area (Å²) in [7, 11) is -1.20. The fourth-order valence-electron chi connectivity index (χ4n) is 2.77. The molecule has 2 saturated heterocycles. The van der Waals surface area contributed by atoms with Crippen molar-refractivity contribution in [2.45, 2.75) is 38.9 Å². The van der Waals surface area contributed by atoms with Crippen molar-refractivity contribution in [3.63, 3.8) is 0 Å². The smallest absolute Gasteiger partial charge is 0.272 e. The van der Waals surface area contributed by atoms with Crippen LogP contribution in [0.4, 0.5) is 0 Å². The Morgan fingerprint density at radius 2 is 2.09 bits per heavy atom. The Morgan fingerprint density at radius 3 is 2.74 bits per heavy atom. The first kappa shape index (κ1) is 19.1. The van der Waals surface area contributed by atoms with Crippen molar-refractivity contribution >= 4 is 7.52 Å². The number of ether oxygens (including phenoxy) is 3. The van der Waals surface area contributed by atoms with E-state index in [1.54, 1.807) is 7.11 Å². The first-order valence-electron chi connectivity index (χ1n) is 8.51. The molecule has 0 spiro atoms. The van der Waals surface area contributed by atoms with Crippen LogP contribution in [0.15, 0.2) is 11.6 Å². The predicted octanol–water partition coefficient (Wildman–Crippen LogP) is 3.04. The summed E-state index contributed by atoms with van der Waals surface area (Å²) in [6.07, 6.45) is 6.54. The normalized spacial score (nSPS) is 26.9. The molecule has 0 aromatic heterocycles. The van der Waals surface area contributed by atoms with Gasteiger partial charge in [-0.1, -0.05) is 11.6 Å². The van der Waals surface area contributed by atoms with Gasteiger partial charge >= 0.3 is 0 Å². The van der Waals surface area contributed by atoms with E-state index in [1.807, 2.05) is 11.6 Å². The Hall–Kier alpha value is -0.230. The Balaban J connectivity index is 1.73. The molecule has 0 aliphatic carbocycles. The Morgan fingerprint density at radius 1 is 1.30 bits per heavy atom. The van der Waals surface area contributed by atoms with Gasteiger partial charge in [-0.05, 0) is 32.6 Å². The van der Waals surface area contributed by atoms with Crippen molar-refractivity contribution < 1.29 is 23.3 Å².